The lowest BCUT2D eigenvalue weighted by Gasteiger charge is -2.40. The van der Waals surface area contributed by atoms with E-state index in [-0.39, 0.29) is 39.2 Å². The lowest BCUT2D eigenvalue weighted by atomic mass is 9.92. The van der Waals surface area contributed by atoms with Crippen LogP contribution in [-0.4, -0.2) is 35.8 Å². The highest BCUT2D eigenvalue weighted by molar-refractivity contribution is 7.96. The lowest BCUT2D eigenvalue weighted by Crippen LogP contribution is -2.48. The monoisotopic (exact) mass is 637 g/mol. The number of nitrogens with one attached hydrogen (secondary N) is 1. The molecular formula is C28H29ClNO8PS2. The number of fused-ring (bicyclic) bond motifs is 1. The molecule has 0 aliphatic heterocycles. The first-order valence-electron chi connectivity index (χ1n) is 12.8. The third-order valence-corrected chi connectivity index (χ3v) is 12.3. The van der Waals surface area contributed by atoms with Crippen molar-refractivity contribution in [2.75, 3.05) is 13.2 Å². The van der Waals surface area contributed by atoms with Crippen LogP contribution in [-0.2, 0) is 38.8 Å². The van der Waals surface area contributed by atoms with Gasteiger partial charge in [0.15, 0.2) is 5.28 Å². The third kappa shape index (κ3) is 5.99. The van der Waals surface area contributed by atoms with Crippen molar-refractivity contribution in [3.63, 3.8) is 0 Å². The molecule has 0 heterocycles. The molecule has 9 nitrogen and oxygen atoms in total. The molecule has 0 radical (unpaired) electrons. The van der Waals surface area contributed by atoms with E-state index in [1.165, 1.54) is 72.8 Å². The molecule has 3 aromatic carbocycles. The second kappa shape index (κ2) is 12.3. The zero-order valence-corrected chi connectivity index (χ0v) is 25.6. The van der Waals surface area contributed by atoms with Gasteiger partial charge in [-0.2, -0.15) is 4.72 Å². The molecule has 218 valence electrons. The van der Waals surface area contributed by atoms with Gasteiger partial charge < -0.3 is 9.05 Å². The van der Waals surface area contributed by atoms with Gasteiger partial charge in [0.25, 0.3) is 0 Å². The summed E-state index contributed by atoms with van der Waals surface area (Å²) < 4.78 is 84.5. The van der Waals surface area contributed by atoms with Crippen molar-refractivity contribution in [2.45, 2.75) is 41.8 Å². The predicted molar refractivity (Wildman–Crippen MR) is 156 cm³/mol. The van der Waals surface area contributed by atoms with Crippen molar-refractivity contribution < 1.29 is 35.2 Å². The van der Waals surface area contributed by atoms with E-state index < -0.39 is 43.4 Å². The molecule has 0 fully saturated rings. The fourth-order valence-corrected chi connectivity index (χ4v) is 10.1. The molecule has 13 heteroatoms. The molecule has 0 spiro atoms. The Kier molecular flexibility index (Phi) is 9.40. The van der Waals surface area contributed by atoms with Crippen LogP contribution < -0.4 is 4.72 Å². The van der Waals surface area contributed by atoms with Crippen molar-refractivity contribution >= 4 is 44.8 Å². The first-order chi connectivity index (χ1) is 19.4. The van der Waals surface area contributed by atoms with E-state index in [9.17, 15) is 26.2 Å². The number of halogens is 1. The zero-order chi connectivity index (χ0) is 29.9. The van der Waals surface area contributed by atoms with Gasteiger partial charge >= 0.3 is 7.60 Å². The van der Waals surface area contributed by atoms with Crippen LogP contribution in [0.4, 0.5) is 0 Å². The quantitative estimate of drug-likeness (QED) is 0.237. The maximum atomic E-state index is 14.9. The van der Waals surface area contributed by atoms with Crippen molar-refractivity contribution in [3.8, 4) is 0 Å². The number of carbonyl (C=O) groups excluding carboxylic acids is 1. The van der Waals surface area contributed by atoms with Gasteiger partial charge in [0.05, 0.1) is 23.0 Å². The van der Waals surface area contributed by atoms with Gasteiger partial charge in [-0.15, -0.1) is 0 Å². The predicted octanol–water partition coefficient (Wildman–Crippen LogP) is 6.07. The Morgan fingerprint density at radius 1 is 0.805 bits per heavy atom. The van der Waals surface area contributed by atoms with E-state index in [0.29, 0.717) is 12.8 Å². The van der Waals surface area contributed by atoms with E-state index >= 15 is 0 Å². The molecule has 0 saturated carbocycles. The lowest BCUT2D eigenvalue weighted by molar-refractivity contribution is 0.103. The fourth-order valence-electron chi connectivity index (χ4n) is 4.31. The second-order valence-electron chi connectivity index (χ2n) is 9.19. The van der Waals surface area contributed by atoms with Gasteiger partial charge in [0.2, 0.25) is 25.6 Å². The van der Waals surface area contributed by atoms with Crippen LogP contribution in [0.1, 0.15) is 42.6 Å². The van der Waals surface area contributed by atoms with Gasteiger partial charge in [0.1, 0.15) is 4.91 Å². The molecule has 4 rings (SSSR count). The summed E-state index contributed by atoms with van der Waals surface area (Å²) in [5, 5.41) is -2.15. The number of sulfone groups is 1. The van der Waals surface area contributed by atoms with Gasteiger partial charge in [-0.1, -0.05) is 67.9 Å². The summed E-state index contributed by atoms with van der Waals surface area (Å²) >= 11 is 5.95. The van der Waals surface area contributed by atoms with Crippen LogP contribution in [0.3, 0.4) is 0 Å². The summed E-state index contributed by atoms with van der Waals surface area (Å²) in [5.41, 5.74) is -0.228. The van der Waals surface area contributed by atoms with Crippen LogP contribution >= 0.6 is 19.2 Å². The highest BCUT2D eigenvalue weighted by atomic mass is 35.5. The molecule has 1 N–H and O–H groups in total. The minimum absolute atomic E-state index is 0.0601. The molecule has 0 aromatic heterocycles. The highest BCUT2D eigenvalue weighted by Gasteiger charge is 2.58. The molecule has 1 aliphatic carbocycles. The van der Waals surface area contributed by atoms with Crippen LogP contribution in [0.5, 0.6) is 0 Å². The number of allylic oxidation sites excluding steroid dienone is 1. The van der Waals surface area contributed by atoms with Gasteiger partial charge in [-0.3, -0.25) is 9.36 Å². The zero-order valence-electron chi connectivity index (χ0n) is 22.3. The molecule has 1 aliphatic rings. The number of Topliss-reactive ketones (excluding diaryl/α,β-unsaturated/α-hetero) is 1. The highest BCUT2D eigenvalue weighted by Crippen LogP contribution is 2.67. The Bertz CT molecular complexity index is 1710. The molecule has 0 amide bonds. The number of ketones is 1. The van der Waals surface area contributed by atoms with Gasteiger partial charge in [-0.05, 0) is 55.3 Å². The summed E-state index contributed by atoms with van der Waals surface area (Å²) in [6, 6.07) is 18.2. The Morgan fingerprint density at radius 2 is 1.37 bits per heavy atom. The van der Waals surface area contributed by atoms with Crippen LogP contribution in [0, 0.1) is 0 Å². The van der Waals surface area contributed by atoms with Crippen LogP contribution in [0.15, 0.2) is 99.6 Å². The van der Waals surface area contributed by atoms with E-state index in [1.54, 1.807) is 19.9 Å². The Morgan fingerprint density at radius 3 is 1.95 bits per heavy atom. The van der Waals surface area contributed by atoms with Crippen molar-refractivity contribution in [1.29, 1.82) is 0 Å². The Labute approximate surface area is 245 Å². The Balaban J connectivity index is 2.10. The standard InChI is InChI=1S/C28H29ClNO8PS2/c1-3-18-37-39(32,38-19-4-2)28(30-41(35,36)23-10-6-5-7-11-23)20-26(27(31)24-12-8-9-13-25(24)28)40(33,34)22-16-14-21(29)15-17-22/h5-17,20,30H,3-4,18-19H2,1-2H3. The van der Waals surface area contributed by atoms with E-state index in [4.69, 9.17) is 20.6 Å². The maximum Gasteiger partial charge on any atom is 0.360 e. The summed E-state index contributed by atoms with van der Waals surface area (Å²) in [5.74, 6) is -0.900. The summed E-state index contributed by atoms with van der Waals surface area (Å²) in [6.45, 7) is 3.32. The average molecular weight is 638 g/mol. The number of rotatable bonds is 12. The normalized spacial score (nSPS) is 17.6. The summed E-state index contributed by atoms with van der Waals surface area (Å²) in [6.07, 6.45) is 1.65. The first-order valence-corrected chi connectivity index (χ1v) is 17.7. The van der Waals surface area contributed by atoms with Crippen LogP contribution in [0.2, 0.25) is 5.02 Å². The topological polar surface area (TPSA) is 133 Å². The number of hydrogen-bond donors (Lipinski definition) is 1. The van der Waals surface area contributed by atoms with Crippen molar-refractivity contribution in [2.24, 2.45) is 0 Å². The largest absolute Gasteiger partial charge is 0.360 e. The molecule has 41 heavy (non-hydrogen) atoms. The molecule has 1 unspecified atom stereocenters. The number of sulfonamides is 1. The number of benzene rings is 3. The Hall–Kier alpha value is -2.63. The van der Waals surface area contributed by atoms with Gasteiger partial charge in [0, 0.05) is 16.1 Å². The van der Waals surface area contributed by atoms with E-state index in [1.807, 2.05) is 0 Å². The third-order valence-electron chi connectivity index (χ3n) is 6.27. The fraction of sp³-hybridized carbons (Fsp3) is 0.250. The van der Waals surface area contributed by atoms with Crippen molar-refractivity contribution in [3.05, 3.63) is 106 Å². The molecular weight excluding hydrogens is 609 g/mol. The van der Waals surface area contributed by atoms with E-state index in [0.717, 1.165) is 6.08 Å². The number of hydrogen-bond acceptors (Lipinski definition) is 8. The smallest absolute Gasteiger partial charge is 0.307 e. The molecule has 1 atom stereocenters. The molecule has 3 aromatic rings. The summed E-state index contributed by atoms with van der Waals surface area (Å²) in [7, 11) is -13.7. The molecule has 0 saturated heterocycles. The van der Waals surface area contributed by atoms with Crippen molar-refractivity contribution in [1.82, 2.24) is 4.72 Å². The van der Waals surface area contributed by atoms with Gasteiger partial charge in [-0.25, -0.2) is 16.8 Å². The maximum absolute atomic E-state index is 14.9. The number of carbonyl (C=O) groups is 1. The minimum atomic E-state index is -4.65. The second-order valence-corrected chi connectivity index (χ2v) is 15.4. The average Bonchev–Trinajstić information content (AvgIpc) is 2.97. The first kappa shape index (κ1) is 31.3. The minimum Gasteiger partial charge on any atom is -0.307 e. The SMILES string of the molecule is CCCOP(=O)(OCCC)C1(NS(=O)(=O)c2ccccc2)C=C(S(=O)(=O)c2ccc(Cl)cc2)C(=O)c2ccccc21. The van der Waals surface area contributed by atoms with E-state index in [2.05, 4.69) is 4.72 Å². The molecule has 0 bridgehead atoms. The summed E-state index contributed by atoms with van der Waals surface area (Å²) in [4.78, 5) is 12.5. The van der Waals surface area contributed by atoms with Crippen LogP contribution in [0.25, 0.3) is 0 Å².